The zero-order valence-electron chi connectivity index (χ0n) is 11.5. The van der Waals surface area contributed by atoms with Crippen molar-refractivity contribution in [1.29, 1.82) is 0 Å². The van der Waals surface area contributed by atoms with Gasteiger partial charge in [0.2, 0.25) is 0 Å². The Bertz CT molecular complexity index is 864. The first-order valence-corrected chi connectivity index (χ1v) is 7.21. The Hall–Kier alpha value is -2.49. The minimum Gasteiger partial charge on any atom is -0.313 e. The molecule has 1 aromatic carbocycles. The lowest BCUT2D eigenvalue weighted by Gasteiger charge is -2.24. The van der Waals surface area contributed by atoms with Crippen LogP contribution < -0.4 is 5.56 Å². The molecule has 3 aromatic rings. The highest BCUT2D eigenvalue weighted by Crippen LogP contribution is 2.33. The first-order chi connectivity index (χ1) is 10.3. The molecule has 104 valence electrons. The summed E-state index contributed by atoms with van der Waals surface area (Å²) in [5, 5.41) is 2.42. The van der Waals surface area contributed by atoms with Crippen LogP contribution in [-0.4, -0.2) is 15.0 Å². The molecule has 2 heterocycles. The topological polar surface area (TPSA) is 58.6 Å². The number of rotatable bonds is 1. The standard InChI is InChI=1S/C17H15N3O/c21-17-14-6-5-11(7-16(14)19-10-20-17)15-9-18-8-12-3-1-2-4-13(12)15/h1-4,8-11H,5-7H2,(H,19,20,21). The number of hydrogen-bond donors (Lipinski definition) is 1. The number of pyridine rings is 1. The molecule has 2 aromatic heterocycles. The second kappa shape index (κ2) is 4.81. The summed E-state index contributed by atoms with van der Waals surface area (Å²) in [5.74, 6) is 0.380. The summed E-state index contributed by atoms with van der Waals surface area (Å²) in [6.45, 7) is 0. The van der Waals surface area contributed by atoms with Gasteiger partial charge in [-0.15, -0.1) is 0 Å². The smallest absolute Gasteiger partial charge is 0.254 e. The molecule has 0 fully saturated rings. The third kappa shape index (κ3) is 2.03. The van der Waals surface area contributed by atoms with Crippen molar-refractivity contribution in [3.63, 3.8) is 0 Å². The largest absolute Gasteiger partial charge is 0.313 e. The Kier molecular flexibility index (Phi) is 2.81. The molecule has 4 heteroatoms. The van der Waals surface area contributed by atoms with E-state index in [9.17, 15) is 4.79 Å². The van der Waals surface area contributed by atoms with Crippen LogP contribution in [0, 0.1) is 0 Å². The van der Waals surface area contributed by atoms with Crippen molar-refractivity contribution < 1.29 is 0 Å². The van der Waals surface area contributed by atoms with Crippen molar-refractivity contribution >= 4 is 10.8 Å². The van der Waals surface area contributed by atoms with Gasteiger partial charge in [-0.1, -0.05) is 24.3 Å². The second-order valence-electron chi connectivity index (χ2n) is 5.55. The summed E-state index contributed by atoms with van der Waals surface area (Å²) < 4.78 is 0. The Balaban J connectivity index is 1.79. The van der Waals surface area contributed by atoms with E-state index in [1.165, 1.54) is 22.7 Å². The van der Waals surface area contributed by atoms with Crippen molar-refractivity contribution in [2.75, 3.05) is 0 Å². The molecular formula is C17H15N3O. The van der Waals surface area contributed by atoms with Crippen molar-refractivity contribution in [2.24, 2.45) is 0 Å². The average molecular weight is 277 g/mol. The summed E-state index contributed by atoms with van der Waals surface area (Å²) in [6.07, 6.45) is 7.94. The molecule has 21 heavy (non-hydrogen) atoms. The molecule has 4 nitrogen and oxygen atoms in total. The zero-order valence-corrected chi connectivity index (χ0v) is 11.5. The van der Waals surface area contributed by atoms with Gasteiger partial charge >= 0.3 is 0 Å². The fourth-order valence-corrected chi connectivity index (χ4v) is 3.28. The Labute approximate surface area is 121 Å². The van der Waals surface area contributed by atoms with E-state index >= 15 is 0 Å². The van der Waals surface area contributed by atoms with Crippen LogP contribution in [0.15, 0.2) is 47.8 Å². The van der Waals surface area contributed by atoms with Crippen LogP contribution >= 0.6 is 0 Å². The van der Waals surface area contributed by atoms with E-state index in [-0.39, 0.29) is 5.56 Å². The molecule has 1 aliphatic carbocycles. The van der Waals surface area contributed by atoms with E-state index in [0.717, 1.165) is 30.5 Å². The van der Waals surface area contributed by atoms with E-state index in [1.54, 1.807) is 0 Å². The normalized spacial score (nSPS) is 17.6. The molecule has 0 bridgehead atoms. The van der Waals surface area contributed by atoms with Crippen molar-refractivity contribution in [3.05, 3.63) is 70.2 Å². The Morgan fingerprint density at radius 2 is 2.10 bits per heavy atom. The highest BCUT2D eigenvalue weighted by Gasteiger charge is 2.24. The van der Waals surface area contributed by atoms with E-state index in [4.69, 9.17) is 0 Å². The predicted octanol–water partition coefficient (Wildman–Crippen LogP) is 2.59. The number of benzene rings is 1. The maximum atomic E-state index is 11.8. The summed E-state index contributed by atoms with van der Waals surface area (Å²) in [5.41, 5.74) is 3.06. The van der Waals surface area contributed by atoms with Crippen LogP contribution in [0.3, 0.4) is 0 Å². The van der Waals surface area contributed by atoms with Crippen LogP contribution in [-0.2, 0) is 12.8 Å². The third-order valence-corrected chi connectivity index (χ3v) is 4.36. The SMILES string of the molecule is O=c1[nH]cnc2c1CCC(c1cncc3ccccc13)C2. The summed E-state index contributed by atoms with van der Waals surface area (Å²) in [4.78, 5) is 23.2. The molecule has 0 spiro atoms. The number of aromatic nitrogens is 3. The van der Waals surface area contributed by atoms with Gasteiger partial charge in [-0.25, -0.2) is 4.98 Å². The molecule has 0 amide bonds. The maximum absolute atomic E-state index is 11.8. The minimum atomic E-state index is 0.00879. The fourth-order valence-electron chi connectivity index (χ4n) is 3.28. The first-order valence-electron chi connectivity index (χ1n) is 7.21. The van der Waals surface area contributed by atoms with Crippen molar-refractivity contribution in [2.45, 2.75) is 25.2 Å². The summed E-state index contributed by atoms with van der Waals surface area (Å²) in [6, 6.07) is 8.33. The number of fused-ring (bicyclic) bond motifs is 2. The van der Waals surface area contributed by atoms with Gasteiger partial charge in [-0.2, -0.15) is 0 Å². The van der Waals surface area contributed by atoms with Crippen LogP contribution in [0.4, 0.5) is 0 Å². The van der Waals surface area contributed by atoms with Crippen LogP contribution in [0.5, 0.6) is 0 Å². The quantitative estimate of drug-likeness (QED) is 0.743. The highest BCUT2D eigenvalue weighted by atomic mass is 16.1. The van der Waals surface area contributed by atoms with E-state index in [1.807, 2.05) is 18.5 Å². The molecule has 1 atom stereocenters. The van der Waals surface area contributed by atoms with Crippen LogP contribution in [0.1, 0.15) is 29.2 Å². The van der Waals surface area contributed by atoms with Gasteiger partial charge in [0.15, 0.2) is 0 Å². The fraction of sp³-hybridized carbons (Fsp3) is 0.235. The Morgan fingerprint density at radius 3 is 3.05 bits per heavy atom. The molecular weight excluding hydrogens is 262 g/mol. The molecule has 1 N–H and O–H groups in total. The predicted molar refractivity (Wildman–Crippen MR) is 81.4 cm³/mol. The minimum absolute atomic E-state index is 0.00879. The van der Waals surface area contributed by atoms with Gasteiger partial charge in [-0.05, 0) is 36.1 Å². The monoisotopic (exact) mass is 277 g/mol. The lowest BCUT2D eigenvalue weighted by Crippen LogP contribution is -2.23. The summed E-state index contributed by atoms with van der Waals surface area (Å²) >= 11 is 0. The number of aromatic amines is 1. The average Bonchev–Trinajstić information content (AvgIpc) is 2.54. The van der Waals surface area contributed by atoms with Gasteiger partial charge in [0.05, 0.1) is 12.0 Å². The van der Waals surface area contributed by atoms with Gasteiger partial charge < -0.3 is 4.98 Å². The zero-order chi connectivity index (χ0) is 14.2. The van der Waals surface area contributed by atoms with Crippen molar-refractivity contribution in [1.82, 2.24) is 15.0 Å². The molecule has 0 aliphatic heterocycles. The third-order valence-electron chi connectivity index (χ3n) is 4.36. The van der Waals surface area contributed by atoms with Crippen LogP contribution in [0.25, 0.3) is 10.8 Å². The number of nitrogens with zero attached hydrogens (tertiary/aromatic N) is 2. The van der Waals surface area contributed by atoms with E-state index in [0.29, 0.717) is 5.92 Å². The van der Waals surface area contributed by atoms with Crippen LogP contribution in [0.2, 0.25) is 0 Å². The van der Waals surface area contributed by atoms with Crippen molar-refractivity contribution in [3.8, 4) is 0 Å². The van der Waals surface area contributed by atoms with Gasteiger partial charge in [-0.3, -0.25) is 9.78 Å². The van der Waals surface area contributed by atoms with E-state index < -0.39 is 0 Å². The first kappa shape index (κ1) is 12.3. The summed E-state index contributed by atoms with van der Waals surface area (Å²) in [7, 11) is 0. The maximum Gasteiger partial charge on any atom is 0.254 e. The van der Waals surface area contributed by atoms with E-state index in [2.05, 4.69) is 33.2 Å². The lowest BCUT2D eigenvalue weighted by molar-refractivity contribution is 0.568. The molecule has 1 unspecified atom stereocenters. The van der Waals surface area contributed by atoms with Gasteiger partial charge in [0.1, 0.15) is 0 Å². The Morgan fingerprint density at radius 1 is 1.19 bits per heavy atom. The molecule has 0 radical (unpaired) electrons. The molecule has 1 aliphatic rings. The van der Waals surface area contributed by atoms with Gasteiger partial charge in [0.25, 0.3) is 5.56 Å². The lowest BCUT2D eigenvalue weighted by atomic mass is 9.82. The number of H-pyrrole nitrogens is 1. The number of hydrogen-bond acceptors (Lipinski definition) is 3. The highest BCUT2D eigenvalue weighted by molar-refractivity contribution is 5.85. The molecule has 0 saturated heterocycles. The molecule has 0 saturated carbocycles. The number of nitrogens with one attached hydrogen (secondary N) is 1. The van der Waals surface area contributed by atoms with Gasteiger partial charge in [0, 0.05) is 23.3 Å². The molecule has 4 rings (SSSR count). The second-order valence-corrected chi connectivity index (χ2v) is 5.55.